The second-order valence-electron chi connectivity index (χ2n) is 4.59. The predicted octanol–water partition coefficient (Wildman–Crippen LogP) is 1.46. The normalized spacial score (nSPS) is 25.4. The van der Waals surface area contributed by atoms with Crippen LogP contribution in [0.3, 0.4) is 0 Å². The minimum absolute atomic E-state index is 0.392. The van der Waals surface area contributed by atoms with Crippen LogP contribution in [-0.4, -0.2) is 21.2 Å². The van der Waals surface area contributed by atoms with Gasteiger partial charge in [-0.2, -0.15) is 10.1 Å². The van der Waals surface area contributed by atoms with E-state index in [1.54, 1.807) is 0 Å². The van der Waals surface area contributed by atoms with Gasteiger partial charge in [0.05, 0.1) is 0 Å². The van der Waals surface area contributed by atoms with Gasteiger partial charge in [0.15, 0.2) is 5.82 Å². The van der Waals surface area contributed by atoms with E-state index in [2.05, 4.69) is 27.4 Å². The van der Waals surface area contributed by atoms with Crippen molar-refractivity contribution in [2.75, 3.05) is 5.32 Å². The molecule has 0 bridgehead atoms. The van der Waals surface area contributed by atoms with Crippen LogP contribution in [0.25, 0.3) is 0 Å². The van der Waals surface area contributed by atoms with E-state index < -0.39 is 5.69 Å². The number of rotatable bonds is 2. The molecular weight excluding hydrogens is 204 g/mol. The third-order valence-electron chi connectivity index (χ3n) is 3.31. The molecule has 2 atom stereocenters. The molecule has 1 aromatic heterocycles. The summed E-state index contributed by atoms with van der Waals surface area (Å²) in [7, 11) is 0. The van der Waals surface area contributed by atoms with E-state index in [-0.39, 0.29) is 0 Å². The summed E-state index contributed by atoms with van der Waals surface area (Å²) in [4.78, 5) is 15.0. The molecule has 88 valence electrons. The largest absolute Gasteiger partial charge is 0.365 e. The summed E-state index contributed by atoms with van der Waals surface area (Å²) < 4.78 is 0. The topological polar surface area (TPSA) is 70.7 Å². The van der Waals surface area contributed by atoms with Gasteiger partial charge >= 0.3 is 5.69 Å². The van der Waals surface area contributed by atoms with Crippen molar-refractivity contribution < 1.29 is 0 Å². The molecule has 16 heavy (non-hydrogen) atoms. The minimum Gasteiger partial charge on any atom is -0.365 e. The summed E-state index contributed by atoms with van der Waals surface area (Å²) in [6, 6.07) is 0.420. The third kappa shape index (κ3) is 2.40. The first-order valence-corrected chi connectivity index (χ1v) is 5.86. The second-order valence-corrected chi connectivity index (χ2v) is 4.59. The molecule has 1 fully saturated rings. The van der Waals surface area contributed by atoms with Crippen molar-refractivity contribution in [2.45, 2.75) is 45.6 Å². The van der Waals surface area contributed by atoms with Gasteiger partial charge in [0.2, 0.25) is 0 Å². The molecule has 1 aliphatic rings. The summed E-state index contributed by atoms with van der Waals surface area (Å²) in [6.07, 6.45) is 4.94. The van der Waals surface area contributed by atoms with Crippen LogP contribution in [-0.2, 0) is 0 Å². The Kier molecular flexibility index (Phi) is 3.22. The average Bonchev–Trinajstić information content (AvgIpc) is 2.27. The number of aromatic amines is 1. The first-order valence-electron chi connectivity index (χ1n) is 5.86. The van der Waals surface area contributed by atoms with Crippen LogP contribution in [0.5, 0.6) is 0 Å². The van der Waals surface area contributed by atoms with Crippen LogP contribution in [0, 0.1) is 12.8 Å². The van der Waals surface area contributed by atoms with Crippen molar-refractivity contribution in [1.29, 1.82) is 0 Å². The fraction of sp³-hybridized carbons (Fsp3) is 0.727. The van der Waals surface area contributed by atoms with Crippen LogP contribution in [0.15, 0.2) is 4.79 Å². The number of nitrogens with one attached hydrogen (secondary N) is 2. The Morgan fingerprint density at radius 2 is 2.12 bits per heavy atom. The van der Waals surface area contributed by atoms with Gasteiger partial charge in [0, 0.05) is 6.04 Å². The van der Waals surface area contributed by atoms with E-state index in [0.717, 1.165) is 12.1 Å². The number of anilines is 1. The van der Waals surface area contributed by atoms with Gasteiger partial charge in [-0.3, -0.25) is 0 Å². The molecule has 0 saturated heterocycles. The molecule has 1 aromatic rings. The quantitative estimate of drug-likeness (QED) is 0.794. The maximum atomic E-state index is 11.1. The van der Waals surface area contributed by atoms with Crippen LogP contribution in [0.1, 0.15) is 38.3 Å². The van der Waals surface area contributed by atoms with Gasteiger partial charge in [0.1, 0.15) is 5.69 Å². The van der Waals surface area contributed by atoms with E-state index in [4.69, 9.17) is 0 Å². The summed E-state index contributed by atoms with van der Waals surface area (Å²) in [5.41, 5.74) is 0.355. The Morgan fingerprint density at radius 3 is 2.88 bits per heavy atom. The molecule has 0 aliphatic heterocycles. The van der Waals surface area contributed by atoms with Crippen LogP contribution in [0.4, 0.5) is 5.82 Å². The van der Waals surface area contributed by atoms with Gasteiger partial charge < -0.3 is 5.32 Å². The number of H-pyrrole nitrogens is 1. The Labute approximate surface area is 94.7 Å². The highest BCUT2D eigenvalue weighted by molar-refractivity contribution is 5.38. The zero-order valence-electron chi connectivity index (χ0n) is 9.79. The van der Waals surface area contributed by atoms with E-state index >= 15 is 0 Å². The standard InChI is InChI=1S/C11H18N4O/c1-7-5-3-4-6-9(7)12-10-8(2)14-15-11(16)13-10/h7,9H,3-6H2,1-2H3,(H2,12,13,15,16)/t7-,9+/m0/s1. The molecule has 0 aromatic carbocycles. The molecule has 1 heterocycles. The van der Waals surface area contributed by atoms with Crippen molar-refractivity contribution in [3.05, 3.63) is 16.2 Å². The van der Waals surface area contributed by atoms with Gasteiger partial charge in [0.25, 0.3) is 0 Å². The number of nitrogens with zero attached hydrogens (tertiary/aromatic N) is 2. The van der Waals surface area contributed by atoms with Crippen molar-refractivity contribution in [3.63, 3.8) is 0 Å². The smallest absolute Gasteiger partial charge is 0.363 e. The molecule has 0 spiro atoms. The molecule has 0 amide bonds. The Balaban J connectivity index is 2.13. The zero-order valence-corrected chi connectivity index (χ0v) is 9.79. The molecule has 1 aliphatic carbocycles. The summed E-state index contributed by atoms with van der Waals surface area (Å²) in [6.45, 7) is 4.09. The molecule has 0 unspecified atom stereocenters. The summed E-state index contributed by atoms with van der Waals surface area (Å²) in [5, 5.41) is 9.58. The van der Waals surface area contributed by atoms with Crippen molar-refractivity contribution in [1.82, 2.24) is 15.2 Å². The van der Waals surface area contributed by atoms with Crippen LogP contribution in [0.2, 0.25) is 0 Å². The van der Waals surface area contributed by atoms with E-state index in [1.165, 1.54) is 19.3 Å². The lowest BCUT2D eigenvalue weighted by atomic mass is 9.86. The second kappa shape index (κ2) is 4.63. The highest BCUT2D eigenvalue weighted by atomic mass is 16.1. The molecule has 5 nitrogen and oxygen atoms in total. The monoisotopic (exact) mass is 222 g/mol. The minimum atomic E-state index is -0.392. The fourth-order valence-corrected chi connectivity index (χ4v) is 2.24. The van der Waals surface area contributed by atoms with Gasteiger partial charge in [-0.15, -0.1) is 0 Å². The lowest BCUT2D eigenvalue weighted by Gasteiger charge is -2.30. The van der Waals surface area contributed by atoms with Gasteiger partial charge in [-0.25, -0.2) is 9.89 Å². The molecule has 2 rings (SSSR count). The number of hydrogen-bond acceptors (Lipinski definition) is 4. The molecule has 1 saturated carbocycles. The van der Waals surface area contributed by atoms with Crippen molar-refractivity contribution in [3.8, 4) is 0 Å². The highest BCUT2D eigenvalue weighted by Crippen LogP contribution is 2.26. The van der Waals surface area contributed by atoms with Crippen LogP contribution < -0.4 is 11.0 Å². The average molecular weight is 222 g/mol. The lowest BCUT2D eigenvalue weighted by molar-refractivity contribution is 0.348. The van der Waals surface area contributed by atoms with Crippen LogP contribution >= 0.6 is 0 Å². The molecule has 5 heteroatoms. The molecular formula is C11H18N4O. The van der Waals surface area contributed by atoms with Crippen molar-refractivity contribution in [2.24, 2.45) is 5.92 Å². The fourth-order valence-electron chi connectivity index (χ4n) is 2.24. The first-order chi connectivity index (χ1) is 7.66. The lowest BCUT2D eigenvalue weighted by Crippen LogP contribution is -2.32. The predicted molar refractivity (Wildman–Crippen MR) is 62.4 cm³/mol. The number of aromatic nitrogens is 3. The van der Waals surface area contributed by atoms with Gasteiger partial charge in [-0.05, 0) is 25.7 Å². The SMILES string of the molecule is Cc1n[nH]c(=O)nc1N[C@@H]1CCCC[C@@H]1C. The third-order valence-corrected chi connectivity index (χ3v) is 3.31. The summed E-state index contributed by atoms with van der Waals surface area (Å²) >= 11 is 0. The first kappa shape index (κ1) is 11.1. The van der Waals surface area contributed by atoms with E-state index in [0.29, 0.717) is 17.8 Å². The van der Waals surface area contributed by atoms with E-state index in [1.807, 2.05) is 6.92 Å². The highest BCUT2D eigenvalue weighted by Gasteiger charge is 2.22. The van der Waals surface area contributed by atoms with E-state index in [9.17, 15) is 4.79 Å². The molecule has 0 radical (unpaired) electrons. The Bertz CT molecular complexity index is 415. The Hall–Kier alpha value is -1.39. The summed E-state index contributed by atoms with van der Waals surface area (Å²) in [5.74, 6) is 1.26. The Morgan fingerprint density at radius 1 is 1.38 bits per heavy atom. The zero-order chi connectivity index (χ0) is 11.5. The van der Waals surface area contributed by atoms with Crippen molar-refractivity contribution >= 4 is 5.82 Å². The maximum absolute atomic E-state index is 11.1. The number of aryl methyl sites for hydroxylation is 1. The van der Waals surface area contributed by atoms with Gasteiger partial charge in [-0.1, -0.05) is 19.8 Å². The number of hydrogen-bond donors (Lipinski definition) is 2. The maximum Gasteiger partial charge on any atom is 0.363 e. The molecule has 2 N–H and O–H groups in total.